The number of halogens is 1. The second kappa shape index (κ2) is 11.2. The van der Waals surface area contributed by atoms with Crippen molar-refractivity contribution in [2.75, 3.05) is 26.7 Å². The molecule has 2 bridgehead atoms. The lowest BCUT2D eigenvalue weighted by Gasteiger charge is -2.60. The Labute approximate surface area is 266 Å². The number of piperidine rings is 1. The lowest BCUT2D eigenvalue weighted by molar-refractivity contribution is -0.139. The first-order chi connectivity index (χ1) is 20.7. The number of amides is 1. The molecule has 7 rings (SSSR count). The molecule has 230 valence electrons. The number of nitrogens with zero attached hydrogens (tertiary/aromatic N) is 2. The van der Waals surface area contributed by atoms with Gasteiger partial charge >= 0.3 is 5.97 Å². The summed E-state index contributed by atoms with van der Waals surface area (Å²) in [7, 11) is 1.65. The number of thiophene rings is 1. The number of hydrogen-bond donors (Lipinski definition) is 0. The van der Waals surface area contributed by atoms with Crippen LogP contribution in [-0.2, 0) is 21.4 Å². The summed E-state index contributed by atoms with van der Waals surface area (Å²) in [6.45, 7) is 8.65. The van der Waals surface area contributed by atoms with Crippen LogP contribution in [-0.4, -0.2) is 66.6 Å². The number of esters is 1. The van der Waals surface area contributed by atoms with Crippen LogP contribution < -0.4 is 14.2 Å². The third-order valence-electron chi connectivity index (χ3n) is 10.4. The van der Waals surface area contributed by atoms with Crippen molar-refractivity contribution in [3.8, 4) is 17.2 Å². The summed E-state index contributed by atoms with van der Waals surface area (Å²) >= 11 is 5.14. The van der Waals surface area contributed by atoms with E-state index < -0.39 is 0 Å². The zero-order chi connectivity index (χ0) is 30.0. The summed E-state index contributed by atoms with van der Waals surface area (Å²) in [6.07, 6.45) is 9.90. The van der Waals surface area contributed by atoms with Gasteiger partial charge in [0.05, 0.1) is 13.2 Å². The summed E-state index contributed by atoms with van der Waals surface area (Å²) < 4.78 is 19.9. The van der Waals surface area contributed by atoms with Gasteiger partial charge in [0.1, 0.15) is 11.9 Å². The van der Waals surface area contributed by atoms with Crippen LogP contribution in [0.1, 0.15) is 68.9 Å². The first kappa shape index (κ1) is 29.4. The van der Waals surface area contributed by atoms with Gasteiger partial charge in [-0.2, -0.15) is 0 Å². The van der Waals surface area contributed by atoms with Crippen LogP contribution in [0.2, 0.25) is 0 Å². The highest BCUT2D eigenvalue weighted by Crippen LogP contribution is 2.66. The predicted molar refractivity (Wildman–Crippen MR) is 171 cm³/mol. The van der Waals surface area contributed by atoms with E-state index in [1.54, 1.807) is 24.5 Å². The molecule has 5 aliphatic rings. The van der Waals surface area contributed by atoms with Gasteiger partial charge in [-0.3, -0.25) is 14.5 Å². The van der Waals surface area contributed by atoms with Crippen LogP contribution in [0.15, 0.2) is 28.1 Å². The van der Waals surface area contributed by atoms with Gasteiger partial charge in [-0.05, 0) is 90.9 Å². The fourth-order valence-electron chi connectivity index (χ4n) is 8.66. The van der Waals surface area contributed by atoms with E-state index in [2.05, 4.69) is 39.6 Å². The number of carbonyl (C=O) groups excluding carboxylic acids is 2. The molecule has 0 N–H and O–H groups in total. The first-order valence-corrected chi connectivity index (χ1v) is 17.4. The van der Waals surface area contributed by atoms with Crippen LogP contribution in [0.4, 0.5) is 0 Å². The molecule has 1 spiro atoms. The van der Waals surface area contributed by atoms with Gasteiger partial charge in [0.25, 0.3) is 0 Å². The van der Waals surface area contributed by atoms with Gasteiger partial charge in [-0.15, -0.1) is 11.3 Å². The largest absolute Gasteiger partial charge is 0.493 e. The second-order valence-electron chi connectivity index (χ2n) is 13.5. The van der Waals surface area contributed by atoms with Crippen LogP contribution >= 0.6 is 27.3 Å². The topological polar surface area (TPSA) is 68.3 Å². The maximum absolute atomic E-state index is 14.0. The minimum atomic E-state index is -0.326. The van der Waals surface area contributed by atoms with Crippen LogP contribution in [0.25, 0.3) is 6.08 Å². The number of hydrogen-bond acceptors (Lipinski definition) is 7. The molecule has 1 saturated heterocycles. The lowest BCUT2D eigenvalue weighted by Crippen LogP contribution is -2.69. The highest BCUT2D eigenvalue weighted by molar-refractivity contribution is 9.10. The van der Waals surface area contributed by atoms with Crippen molar-refractivity contribution in [1.82, 2.24) is 9.80 Å². The highest BCUT2D eigenvalue weighted by atomic mass is 79.9. The zero-order valence-electron chi connectivity index (χ0n) is 25.4. The van der Waals surface area contributed by atoms with Crippen molar-refractivity contribution in [2.24, 2.45) is 17.8 Å². The van der Waals surface area contributed by atoms with Crippen molar-refractivity contribution in [2.45, 2.75) is 82.9 Å². The minimum absolute atomic E-state index is 0.0314. The Hall–Kier alpha value is -2.36. The molecule has 2 aliphatic heterocycles. The molecule has 3 fully saturated rings. The molecule has 7 nitrogen and oxygen atoms in total. The first-order valence-electron chi connectivity index (χ1n) is 15.8. The molecule has 2 aromatic rings. The van der Waals surface area contributed by atoms with Crippen molar-refractivity contribution < 1.29 is 23.8 Å². The van der Waals surface area contributed by atoms with Crippen LogP contribution in [0.5, 0.6) is 17.2 Å². The number of carbonyl (C=O) groups is 2. The highest BCUT2D eigenvalue weighted by Gasteiger charge is 2.67. The Kier molecular flexibility index (Phi) is 7.66. The van der Waals surface area contributed by atoms with E-state index in [0.29, 0.717) is 35.9 Å². The fourth-order valence-corrected chi connectivity index (χ4v) is 10.00. The van der Waals surface area contributed by atoms with E-state index >= 15 is 0 Å². The van der Waals surface area contributed by atoms with Gasteiger partial charge in [-0.1, -0.05) is 13.8 Å². The van der Waals surface area contributed by atoms with E-state index in [9.17, 15) is 9.59 Å². The summed E-state index contributed by atoms with van der Waals surface area (Å²) in [5.41, 5.74) is 2.03. The van der Waals surface area contributed by atoms with E-state index in [1.807, 2.05) is 23.6 Å². The molecule has 1 aromatic carbocycles. The molecule has 1 amide bonds. The summed E-state index contributed by atoms with van der Waals surface area (Å²) in [4.78, 5) is 32.1. The Morgan fingerprint density at radius 3 is 2.72 bits per heavy atom. The van der Waals surface area contributed by atoms with Crippen LogP contribution in [0.3, 0.4) is 0 Å². The molecular weight excluding hydrogens is 628 g/mol. The van der Waals surface area contributed by atoms with Crippen molar-refractivity contribution in [3.05, 3.63) is 44.1 Å². The summed E-state index contributed by atoms with van der Waals surface area (Å²) in [5.74, 6) is 3.24. The minimum Gasteiger partial charge on any atom is -0.493 e. The number of likely N-dealkylation sites (tertiary alicyclic amines) is 1. The van der Waals surface area contributed by atoms with E-state index in [0.717, 1.165) is 65.4 Å². The van der Waals surface area contributed by atoms with Gasteiger partial charge in [0, 0.05) is 69.5 Å². The monoisotopic (exact) mass is 668 g/mol. The number of ether oxygens (including phenoxy) is 3. The zero-order valence-corrected chi connectivity index (χ0v) is 27.8. The van der Waals surface area contributed by atoms with Gasteiger partial charge in [0.2, 0.25) is 5.91 Å². The quantitative estimate of drug-likeness (QED) is 0.174. The van der Waals surface area contributed by atoms with Gasteiger partial charge in [0.15, 0.2) is 11.5 Å². The maximum atomic E-state index is 14.0. The molecule has 0 radical (unpaired) electrons. The second-order valence-corrected chi connectivity index (χ2v) is 15.4. The third kappa shape index (κ3) is 5.03. The van der Waals surface area contributed by atoms with Crippen molar-refractivity contribution >= 4 is 45.2 Å². The van der Waals surface area contributed by atoms with Crippen LogP contribution in [0, 0.1) is 17.8 Å². The number of rotatable bonds is 9. The smallest absolute Gasteiger partial charge is 0.308 e. The average molecular weight is 670 g/mol. The molecule has 1 aromatic heterocycles. The number of benzene rings is 1. The summed E-state index contributed by atoms with van der Waals surface area (Å²) in [6, 6.07) is 4.18. The molecule has 3 heterocycles. The molecule has 0 unspecified atom stereocenters. The van der Waals surface area contributed by atoms with Gasteiger partial charge in [-0.25, -0.2) is 0 Å². The third-order valence-corrected chi connectivity index (χ3v) is 12.0. The van der Waals surface area contributed by atoms with Crippen molar-refractivity contribution in [3.63, 3.8) is 0 Å². The fraction of sp³-hybridized carbons (Fsp3) is 0.588. The molecule has 9 heteroatoms. The van der Waals surface area contributed by atoms with E-state index in [1.165, 1.54) is 25.3 Å². The Morgan fingerprint density at radius 2 is 2.05 bits per heavy atom. The molecule has 5 atom stereocenters. The Balaban J connectivity index is 1.32. The molecular formula is C34H41BrN2O5S. The Morgan fingerprint density at radius 1 is 1.23 bits per heavy atom. The standard InChI is InChI=1S/C34H41BrN2O5S/c1-19(2)16-37(30(39)10-7-23-13-22(35)18-43-23)26-9-8-25-27-14-24-28(41-20(3)38)15-29(40-4)32-31(24)34(25,33(26)42-32)11-12-36(27)17-21-5-6-21/h7,10,13,15,18-19,21,25-27,33H,5-6,8-9,11-12,14,16-17H2,1-4H3/b10-7+/t25-,26-,27+,33-,34-/m0/s1. The van der Waals surface area contributed by atoms with E-state index in [4.69, 9.17) is 14.2 Å². The normalized spacial score (nSPS) is 29.0. The Bertz CT molecular complexity index is 1470. The molecule has 43 heavy (non-hydrogen) atoms. The summed E-state index contributed by atoms with van der Waals surface area (Å²) in [5, 5.41) is 2.03. The lowest BCUT2D eigenvalue weighted by atomic mass is 9.50. The molecule has 3 aliphatic carbocycles. The number of methoxy groups -OCH3 is 1. The predicted octanol–water partition coefficient (Wildman–Crippen LogP) is 6.46. The maximum Gasteiger partial charge on any atom is 0.308 e. The van der Waals surface area contributed by atoms with Gasteiger partial charge < -0.3 is 19.1 Å². The van der Waals surface area contributed by atoms with Crippen molar-refractivity contribution in [1.29, 1.82) is 0 Å². The average Bonchev–Trinajstić information content (AvgIpc) is 3.58. The van der Waals surface area contributed by atoms with E-state index in [-0.39, 0.29) is 29.4 Å². The molecule has 2 saturated carbocycles. The SMILES string of the molecule is COc1cc(OC(C)=O)c2c3c1O[C@H]1[C@@H](N(CC(C)C)C(=O)/C=C/c4cc(Br)cs4)CC[C@H]4[C@@H](C2)N(CC2CC2)CC[C@@]341.